The molecule has 0 aromatic heterocycles. The number of halogens is 4. The molecular formula is C16H14BrF3N2O3. The number of hydroxylamine groups is 1. The molecule has 0 fully saturated rings. The second-order valence-corrected chi connectivity index (χ2v) is 5.72. The standard InChI is InChI=1S/C16H14BrF3N2O3/c17-10-8-9(16(24)22-25-7-3-6-23)15(14(20)13(10)19)21-12-5-2-1-4-11(12)18/h1-2,4-5,8,21,23H,3,6-7H2,(H,22,24). The summed E-state index contributed by atoms with van der Waals surface area (Å²) in [5.41, 5.74) is 1.10. The maximum atomic E-state index is 14.3. The van der Waals surface area contributed by atoms with Gasteiger partial charge in [-0.3, -0.25) is 9.63 Å². The van der Waals surface area contributed by atoms with Gasteiger partial charge < -0.3 is 10.4 Å². The third-order valence-electron chi connectivity index (χ3n) is 3.11. The van der Waals surface area contributed by atoms with Gasteiger partial charge in [0.2, 0.25) is 0 Å². The number of hydrogen-bond acceptors (Lipinski definition) is 4. The molecule has 0 radical (unpaired) electrons. The second-order valence-electron chi connectivity index (χ2n) is 4.87. The molecule has 0 aliphatic rings. The lowest BCUT2D eigenvalue weighted by molar-refractivity contribution is 0.0262. The lowest BCUT2D eigenvalue weighted by atomic mass is 10.1. The van der Waals surface area contributed by atoms with Crippen molar-refractivity contribution in [1.29, 1.82) is 0 Å². The molecule has 1 amide bonds. The molecule has 0 aliphatic carbocycles. The van der Waals surface area contributed by atoms with E-state index in [9.17, 15) is 18.0 Å². The van der Waals surface area contributed by atoms with Gasteiger partial charge in [0.05, 0.1) is 28.0 Å². The van der Waals surface area contributed by atoms with Crippen LogP contribution in [0.3, 0.4) is 0 Å². The number of carbonyl (C=O) groups is 1. The van der Waals surface area contributed by atoms with E-state index in [0.717, 1.165) is 12.1 Å². The van der Waals surface area contributed by atoms with E-state index in [1.165, 1.54) is 18.2 Å². The van der Waals surface area contributed by atoms with Gasteiger partial charge in [-0.25, -0.2) is 18.7 Å². The molecule has 2 aromatic carbocycles. The van der Waals surface area contributed by atoms with Crippen molar-refractivity contribution < 1.29 is 27.9 Å². The van der Waals surface area contributed by atoms with E-state index in [1.54, 1.807) is 0 Å². The lowest BCUT2D eigenvalue weighted by Gasteiger charge is -2.15. The van der Waals surface area contributed by atoms with Crippen molar-refractivity contribution in [3.63, 3.8) is 0 Å². The Balaban J connectivity index is 2.35. The van der Waals surface area contributed by atoms with Crippen LogP contribution in [0.15, 0.2) is 34.8 Å². The first-order valence-corrected chi connectivity index (χ1v) is 7.97. The van der Waals surface area contributed by atoms with Crippen LogP contribution in [0.5, 0.6) is 0 Å². The van der Waals surface area contributed by atoms with Crippen LogP contribution in [0, 0.1) is 17.5 Å². The van der Waals surface area contributed by atoms with E-state index < -0.39 is 29.0 Å². The number of hydrogen-bond donors (Lipinski definition) is 3. The van der Waals surface area contributed by atoms with Gasteiger partial charge in [-0.2, -0.15) is 0 Å². The topological polar surface area (TPSA) is 70.6 Å². The van der Waals surface area contributed by atoms with E-state index in [0.29, 0.717) is 0 Å². The Hall–Kier alpha value is -2.10. The van der Waals surface area contributed by atoms with Crippen molar-refractivity contribution in [1.82, 2.24) is 5.48 Å². The average Bonchev–Trinajstić information content (AvgIpc) is 2.60. The predicted molar refractivity (Wildman–Crippen MR) is 88.9 cm³/mol. The number of para-hydroxylation sites is 1. The first-order chi connectivity index (χ1) is 12.0. The number of aliphatic hydroxyl groups is 1. The van der Waals surface area contributed by atoms with E-state index in [2.05, 4.69) is 26.7 Å². The zero-order chi connectivity index (χ0) is 18.4. The summed E-state index contributed by atoms with van der Waals surface area (Å²) >= 11 is 2.82. The first kappa shape index (κ1) is 19.2. The highest BCUT2D eigenvalue weighted by Crippen LogP contribution is 2.32. The minimum Gasteiger partial charge on any atom is -0.396 e. The van der Waals surface area contributed by atoms with Crippen LogP contribution < -0.4 is 10.8 Å². The molecule has 25 heavy (non-hydrogen) atoms. The largest absolute Gasteiger partial charge is 0.396 e. The minimum atomic E-state index is -1.35. The van der Waals surface area contributed by atoms with Gasteiger partial charge in [-0.05, 0) is 40.5 Å². The van der Waals surface area contributed by atoms with Gasteiger partial charge in [0.1, 0.15) is 5.82 Å². The number of aliphatic hydroxyl groups excluding tert-OH is 1. The summed E-state index contributed by atoms with van der Waals surface area (Å²) in [4.78, 5) is 17.0. The molecule has 9 heteroatoms. The number of anilines is 2. The van der Waals surface area contributed by atoms with Crippen molar-refractivity contribution in [2.75, 3.05) is 18.5 Å². The normalized spacial score (nSPS) is 10.6. The van der Waals surface area contributed by atoms with Crippen molar-refractivity contribution >= 4 is 33.2 Å². The fourth-order valence-electron chi connectivity index (χ4n) is 1.90. The van der Waals surface area contributed by atoms with E-state index in [1.807, 2.05) is 0 Å². The fourth-order valence-corrected chi connectivity index (χ4v) is 2.30. The molecule has 0 saturated heterocycles. The molecule has 0 atom stereocenters. The zero-order valence-corrected chi connectivity index (χ0v) is 14.4. The first-order valence-electron chi connectivity index (χ1n) is 7.17. The van der Waals surface area contributed by atoms with Crippen LogP contribution in [0.4, 0.5) is 24.5 Å². The van der Waals surface area contributed by atoms with E-state index >= 15 is 0 Å². The van der Waals surface area contributed by atoms with Crippen LogP contribution in [0.2, 0.25) is 0 Å². The quantitative estimate of drug-likeness (QED) is 0.364. The van der Waals surface area contributed by atoms with Crippen LogP contribution in [0.1, 0.15) is 16.8 Å². The van der Waals surface area contributed by atoms with Crippen molar-refractivity contribution in [2.45, 2.75) is 6.42 Å². The molecule has 134 valence electrons. The summed E-state index contributed by atoms with van der Waals surface area (Å²) in [7, 11) is 0. The fraction of sp³-hybridized carbons (Fsp3) is 0.188. The smallest absolute Gasteiger partial charge is 0.277 e. The molecule has 2 rings (SSSR count). The van der Waals surface area contributed by atoms with Crippen molar-refractivity contribution in [2.24, 2.45) is 0 Å². The lowest BCUT2D eigenvalue weighted by Crippen LogP contribution is -2.26. The molecule has 5 nitrogen and oxygen atoms in total. The summed E-state index contributed by atoms with van der Waals surface area (Å²) in [6.45, 7) is -0.101. The summed E-state index contributed by atoms with van der Waals surface area (Å²) in [6.07, 6.45) is 0.280. The average molecular weight is 419 g/mol. The molecule has 3 N–H and O–H groups in total. The Morgan fingerprint density at radius 1 is 1.20 bits per heavy atom. The van der Waals surface area contributed by atoms with Crippen molar-refractivity contribution in [3.05, 3.63) is 57.8 Å². The molecule has 0 heterocycles. The Kier molecular flexibility index (Phi) is 6.80. The molecule has 0 spiro atoms. The van der Waals surface area contributed by atoms with Crippen LogP contribution in [-0.2, 0) is 4.84 Å². The van der Waals surface area contributed by atoms with Gasteiger partial charge >= 0.3 is 0 Å². The monoisotopic (exact) mass is 418 g/mol. The minimum absolute atomic E-state index is 0.0309. The maximum Gasteiger partial charge on any atom is 0.277 e. The highest BCUT2D eigenvalue weighted by atomic mass is 79.9. The molecular weight excluding hydrogens is 405 g/mol. The van der Waals surface area contributed by atoms with Gasteiger partial charge in [-0.15, -0.1) is 0 Å². The number of rotatable bonds is 7. The number of nitrogens with one attached hydrogen (secondary N) is 2. The second kappa shape index (κ2) is 8.84. The third kappa shape index (κ3) is 4.71. The summed E-state index contributed by atoms with van der Waals surface area (Å²) in [6, 6.07) is 6.42. The van der Waals surface area contributed by atoms with E-state index in [4.69, 9.17) is 9.94 Å². The zero-order valence-electron chi connectivity index (χ0n) is 12.8. The van der Waals surface area contributed by atoms with Crippen LogP contribution in [0.25, 0.3) is 0 Å². The maximum absolute atomic E-state index is 14.3. The SMILES string of the molecule is O=C(NOCCCO)c1cc(Br)c(F)c(F)c1Nc1ccccc1F. The number of carbonyl (C=O) groups excluding carboxylic acids is 1. The Bertz CT molecular complexity index is 775. The van der Waals surface area contributed by atoms with Crippen LogP contribution >= 0.6 is 15.9 Å². The summed E-state index contributed by atoms with van der Waals surface area (Å²) in [5, 5.41) is 11.0. The summed E-state index contributed by atoms with van der Waals surface area (Å²) < 4.78 is 41.6. The van der Waals surface area contributed by atoms with Gasteiger partial charge in [0.15, 0.2) is 11.6 Å². The van der Waals surface area contributed by atoms with Gasteiger partial charge in [-0.1, -0.05) is 12.1 Å². The Morgan fingerprint density at radius 2 is 1.92 bits per heavy atom. The molecule has 2 aromatic rings. The van der Waals surface area contributed by atoms with Gasteiger partial charge in [0, 0.05) is 6.61 Å². The molecule has 0 bridgehead atoms. The van der Waals surface area contributed by atoms with Crippen molar-refractivity contribution in [3.8, 4) is 0 Å². The Morgan fingerprint density at radius 3 is 2.60 bits per heavy atom. The van der Waals surface area contributed by atoms with E-state index in [-0.39, 0.29) is 35.4 Å². The molecule has 0 unspecified atom stereocenters. The number of benzene rings is 2. The van der Waals surface area contributed by atoms with Gasteiger partial charge in [0.25, 0.3) is 5.91 Å². The summed E-state index contributed by atoms with van der Waals surface area (Å²) in [5.74, 6) is -4.14. The van der Waals surface area contributed by atoms with Crippen LogP contribution in [-0.4, -0.2) is 24.2 Å². The third-order valence-corrected chi connectivity index (χ3v) is 3.69. The highest BCUT2D eigenvalue weighted by molar-refractivity contribution is 9.10. The molecule has 0 saturated carbocycles. The number of amides is 1. The molecule has 0 aliphatic heterocycles. The Labute approximate surface area is 149 Å². The predicted octanol–water partition coefficient (Wildman–Crippen LogP) is 3.65. The highest BCUT2D eigenvalue weighted by Gasteiger charge is 2.23.